The van der Waals surface area contributed by atoms with Crippen LogP contribution in [0, 0.1) is 0 Å². The van der Waals surface area contributed by atoms with Crippen LogP contribution in [0.5, 0.6) is 0 Å². The van der Waals surface area contributed by atoms with E-state index in [4.69, 9.17) is 11.6 Å². The van der Waals surface area contributed by atoms with E-state index < -0.39 is 18.1 Å². The van der Waals surface area contributed by atoms with Crippen LogP contribution < -0.4 is 0 Å². The van der Waals surface area contributed by atoms with Crippen LogP contribution in [0.25, 0.3) is 0 Å². The molecular weight excluding hydrogens is 269 g/mol. The first-order valence-electron chi connectivity index (χ1n) is 5.34. The fraction of sp³-hybridized carbons (Fsp3) is 0.455. The van der Waals surface area contributed by atoms with Crippen molar-refractivity contribution in [1.29, 1.82) is 0 Å². The van der Waals surface area contributed by atoms with Crippen LogP contribution in [0.1, 0.15) is 24.2 Å². The smallest absolute Gasteiger partial charge is 0.326 e. The summed E-state index contributed by atoms with van der Waals surface area (Å²) in [6.45, 7) is 1.56. The number of alkyl halides is 3. The highest BCUT2D eigenvalue weighted by Gasteiger charge is 2.45. The van der Waals surface area contributed by atoms with E-state index in [-0.39, 0.29) is 11.7 Å². The largest absolute Gasteiger partial charge is 0.471 e. The van der Waals surface area contributed by atoms with Crippen LogP contribution >= 0.6 is 11.6 Å². The highest BCUT2D eigenvalue weighted by molar-refractivity contribution is 6.29. The second kappa shape index (κ2) is 4.42. The Morgan fingerprint density at radius 1 is 1.50 bits per heavy atom. The molecule has 0 bridgehead atoms. The Bertz CT molecular complexity index is 490. The van der Waals surface area contributed by atoms with E-state index in [9.17, 15) is 18.0 Å². The summed E-state index contributed by atoms with van der Waals surface area (Å²) in [6.07, 6.45) is -4.50. The van der Waals surface area contributed by atoms with E-state index in [1.165, 1.54) is 6.92 Å². The molecule has 98 valence electrons. The van der Waals surface area contributed by atoms with Crippen LogP contribution in [0.3, 0.4) is 0 Å². The van der Waals surface area contributed by atoms with E-state index in [1.807, 2.05) is 0 Å². The zero-order valence-corrected chi connectivity index (χ0v) is 10.2. The maximum Gasteiger partial charge on any atom is 0.471 e. The number of carbonyl (C=O) groups excluding carboxylic acids is 1. The van der Waals surface area contributed by atoms with Gasteiger partial charge in [-0.1, -0.05) is 17.7 Å². The molecule has 0 saturated carbocycles. The van der Waals surface area contributed by atoms with Gasteiger partial charge < -0.3 is 4.90 Å². The number of aromatic nitrogens is 1. The molecule has 1 aromatic heterocycles. The Labute approximate surface area is 107 Å². The summed E-state index contributed by atoms with van der Waals surface area (Å²) < 4.78 is 37.3. The van der Waals surface area contributed by atoms with Crippen LogP contribution in [-0.4, -0.2) is 28.5 Å². The number of pyridine rings is 1. The minimum Gasteiger partial charge on any atom is -0.326 e. The molecule has 1 amide bonds. The second-order valence-electron chi connectivity index (χ2n) is 4.10. The molecule has 0 aromatic carbocycles. The molecule has 2 rings (SSSR count). The van der Waals surface area contributed by atoms with Crippen LogP contribution in [0.4, 0.5) is 13.2 Å². The van der Waals surface area contributed by atoms with E-state index in [2.05, 4.69) is 4.98 Å². The second-order valence-corrected chi connectivity index (χ2v) is 4.49. The van der Waals surface area contributed by atoms with Gasteiger partial charge in [0.25, 0.3) is 0 Å². The van der Waals surface area contributed by atoms with Crippen molar-refractivity contribution in [2.75, 3.05) is 6.54 Å². The summed E-state index contributed by atoms with van der Waals surface area (Å²) >= 11 is 5.72. The first-order valence-corrected chi connectivity index (χ1v) is 5.71. The number of nitrogens with zero attached hydrogens (tertiary/aromatic N) is 2. The molecule has 7 heteroatoms. The fourth-order valence-corrected chi connectivity index (χ4v) is 2.23. The summed E-state index contributed by atoms with van der Waals surface area (Å²) in [5.74, 6) is -1.83. The van der Waals surface area contributed by atoms with Crippen molar-refractivity contribution in [3.05, 3.63) is 28.5 Å². The third-order valence-corrected chi connectivity index (χ3v) is 3.18. The highest BCUT2D eigenvalue weighted by Crippen LogP contribution is 2.32. The van der Waals surface area contributed by atoms with Crippen molar-refractivity contribution in [3.63, 3.8) is 0 Å². The Balaban J connectivity index is 2.33. The van der Waals surface area contributed by atoms with Gasteiger partial charge in [-0.15, -0.1) is 0 Å². The van der Waals surface area contributed by atoms with Gasteiger partial charge in [0.2, 0.25) is 0 Å². The first kappa shape index (κ1) is 13.1. The van der Waals surface area contributed by atoms with E-state index in [1.54, 1.807) is 12.1 Å². The molecule has 1 aromatic rings. The molecular formula is C11H10ClF3N2O. The van der Waals surface area contributed by atoms with Gasteiger partial charge in [-0.2, -0.15) is 13.2 Å². The van der Waals surface area contributed by atoms with Crippen molar-refractivity contribution >= 4 is 17.5 Å². The van der Waals surface area contributed by atoms with Crippen molar-refractivity contribution in [2.45, 2.75) is 25.6 Å². The molecule has 0 fully saturated rings. The van der Waals surface area contributed by atoms with Crippen LogP contribution in [0.2, 0.25) is 5.15 Å². The molecule has 1 unspecified atom stereocenters. The molecule has 1 atom stereocenters. The average Bonchev–Trinajstić information content (AvgIpc) is 2.28. The molecule has 0 saturated heterocycles. The van der Waals surface area contributed by atoms with Gasteiger partial charge in [0, 0.05) is 6.54 Å². The van der Waals surface area contributed by atoms with Crippen LogP contribution in [0.15, 0.2) is 12.1 Å². The quantitative estimate of drug-likeness (QED) is 0.684. The molecule has 0 N–H and O–H groups in total. The minimum absolute atomic E-state index is 0.0375. The summed E-state index contributed by atoms with van der Waals surface area (Å²) in [4.78, 5) is 16.1. The maximum absolute atomic E-state index is 12.4. The first-order chi connectivity index (χ1) is 8.30. The monoisotopic (exact) mass is 278 g/mol. The van der Waals surface area contributed by atoms with Gasteiger partial charge in [-0.3, -0.25) is 4.79 Å². The van der Waals surface area contributed by atoms with Gasteiger partial charge >= 0.3 is 12.1 Å². The maximum atomic E-state index is 12.4. The fourth-order valence-electron chi connectivity index (χ4n) is 2.07. The molecule has 2 heterocycles. The van der Waals surface area contributed by atoms with Gasteiger partial charge in [0.1, 0.15) is 5.15 Å². The number of halogens is 4. The van der Waals surface area contributed by atoms with E-state index in [0.717, 1.165) is 10.5 Å². The zero-order valence-electron chi connectivity index (χ0n) is 9.46. The van der Waals surface area contributed by atoms with Crippen molar-refractivity contribution in [2.24, 2.45) is 0 Å². The predicted octanol–water partition coefficient (Wildman–Crippen LogP) is 2.74. The van der Waals surface area contributed by atoms with Crippen molar-refractivity contribution in [1.82, 2.24) is 9.88 Å². The molecule has 0 radical (unpaired) electrons. The third kappa shape index (κ3) is 2.29. The van der Waals surface area contributed by atoms with Crippen molar-refractivity contribution in [3.8, 4) is 0 Å². The number of hydrogen-bond donors (Lipinski definition) is 0. The highest BCUT2D eigenvalue weighted by atomic mass is 35.5. The average molecular weight is 279 g/mol. The number of carbonyl (C=O) groups is 1. The lowest BCUT2D eigenvalue weighted by Crippen LogP contribution is -2.46. The summed E-state index contributed by atoms with van der Waals surface area (Å²) in [5.41, 5.74) is 1.27. The normalized spacial score (nSPS) is 19.6. The van der Waals surface area contributed by atoms with Crippen LogP contribution in [-0.2, 0) is 11.2 Å². The summed E-state index contributed by atoms with van der Waals surface area (Å²) in [5, 5.41) is 0.210. The topological polar surface area (TPSA) is 33.2 Å². The van der Waals surface area contributed by atoms with Gasteiger partial charge in [0.05, 0.1) is 11.7 Å². The zero-order chi connectivity index (χ0) is 13.5. The standard InChI is InChI=1S/C11H10ClF3N2O/c1-6-9-7(2-3-8(12)16-9)4-5-17(6)10(18)11(13,14)15/h2-3,6H,4-5H2,1H3. The molecule has 1 aliphatic heterocycles. The van der Waals surface area contributed by atoms with E-state index in [0.29, 0.717) is 12.1 Å². The Kier molecular flexibility index (Phi) is 3.23. The molecule has 18 heavy (non-hydrogen) atoms. The lowest BCUT2D eigenvalue weighted by Gasteiger charge is -2.34. The number of fused-ring (bicyclic) bond motifs is 1. The van der Waals surface area contributed by atoms with Crippen molar-refractivity contribution < 1.29 is 18.0 Å². The molecule has 0 spiro atoms. The number of amides is 1. The summed E-state index contributed by atoms with van der Waals surface area (Å²) in [7, 11) is 0. The van der Waals surface area contributed by atoms with Gasteiger partial charge in [0.15, 0.2) is 0 Å². The number of hydrogen-bond acceptors (Lipinski definition) is 2. The lowest BCUT2D eigenvalue weighted by molar-refractivity contribution is -0.188. The SMILES string of the molecule is CC1c2nc(Cl)ccc2CCN1C(=O)C(F)(F)F. The van der Waals surface area contributed by atoms with E-state index >= 15 is 0 Å². The molecule has 1 aliphatic rings. The summed E-state index contributed by atoms with van der Waals surface area (Å²) in [6, 6.07) is 2.60. The minimum atomic E-state index is -4.86. The predicted molar refractivity (Wildman–Crippen MR) is 59.1 cm³/mol. The Morgan fingerprint density at radius 2 is 2.17 bits per heavy atom. The van der Waals surface area contributed by atoms with Gasteiger partial charge in [-0.05, 0) is 25.0 Å². The third-order valence-electron chi connectivity index (χ3n) is 2.97. The number of rotatable bonds is 0. The molecule has 3 nitrogen and oxygen atoms in total. The lowest BCUT2D eigenvalue weighted by atomic mass is 9.99. The Hall–Kier alpha value is -1.30. The van der Waals surface area contributed by atoms with Gasteiger partial charge in [-0.25, -0.2) is 4.98 Å². The molecule has 0 aliphatic carbocycles. The Morgan fingerprint density at radius 3 is 2.78 bits per heavy atom.